The topological polar surface area (TPSA) is 21.3 Å². The zero-order valence-corrected chi connectivity index (χ0v) is 8.08. The molecular formula is C10H14BNO. The lowest BCUT2D eigenvalue weighted by Crippen LogP contribution is -2.44. The highest BCUT2D eigenvalue weighted by molar-refractivity contribution is 6.50. The molecule has 1 aliphatic rings. The van der Waals surface area contributed by atoms with Gasteiger partial charge in [0, 0.05) is 11.6 Å². The lowest BCUT2D eigenvalue weighted by atomic mass is 9.76. The number of benzene rings is 1. The number of hydrogen-bond donors (Lipinski definition) is 1. The van der Waals surface area contributed by atoms with Gasteiger partial charge >= 0.3 is 7.05 Å². The molecule has 68 valence electrons. The highest BCUT2D eigenvalue weighted by Gasteiger charge is 2.26. The summed E-state index contributed by atoms with van der Waals surface area (Å²) in [6, 6.07) is 8.61. The van der Waals surface area contributed by atoms with E-state index < -0.39 is 0 Å². The molecule has 0 spiro atoms. The molecule has 0 bridgehead atoms. The van der Waals surface area contributed by atoms with Crippen molar-refractivity contribution in [2.75, 3.05) is 0 Å². The normalized spacial score (nSPS) is 20.8. The number of fused-ring (bicyclic) bond motifs is 1. The zero-order valence-electron chi connectivity index (χ0n) is 8.08. The van der Waals surface area contributed by atoms with Gasteiger partial charge in [0.05, 0.1) is 0 Å². The van der Waals surface area contributed by atoms with E-state index in [1.54, 1.807) is 0 Å². The first-order valence-electron chi connectivity index (χ1n) is 4.83. The minimum absolute atomic E-state index is 0.171. The Morgan fingerprint density at radius 3 is 3.00 bits per heavy atom. The fourth-order valence-electron chi connectivity index (χ4n) is 1.70. The molecule has 13 heavy (non-hydrogen) atoms. The number of nitrogens with one attached hydrogen (secondary N) is 1. The van der Waals surface area contributed by atoms with Crippen LogP contribution in [0.2, 0.25) is 6.32 Å². The van der Waals surface area contributed by atoms with Crippen LogP contribution >= 0.6 is 0 Å². The third-order valence-corrected chi connectivity index (χ3v) is 2.46. The van der Waals surface area contributed by atoms with E-state index in [1.807, 2.05) is 18.2 Å². The maximum absolute atomic E-state index is 5.74. The molecule has 0 saturated carbocycles. The minimum Gasteiger partial charge on any atom is -0.546 e. The first-order valence-corrected chi connectivity index (χ1v) is 4.83. The molecule has 0 amide bonds. The molecule has 0 saturated heterocycles. The predicted octanol–water partition coefficient (Wildman–Crippen LogP) is 2.24. The van der Waals surface area contributed by atoms with Crippen molar-refractivity contribution in [2.45, 2.75) is 26.2 Å². The summed E-state index contributed by atoms with van der Waals surface area (Å²) in [5.41, 5.74) is 1.26. The van der Waals surface area contributed by atoms with Crippen LogP contribution in [0.15, 0.2) is 24.3 Å². The van der Waals surface area contributed by atoms with Crippen molar-refractivity contribution in [1.82, 2.24) is 5.23 Å². The van der Waals surface area contributed by atoms with Gasteiger partial charge in [0.15, 0.2) is 0 Å². The van der Waals surface area contributed by atoms with Crippen LogP contribution < -0.4 is 9.88 Å². The van der Waals surface area contributed by atoms with Crippen LogP contribution in [0.25, 0.3) is 0 Å². The van der Waals surface area contributed by atoms with Crippen LogP contribution in [0.3, 0.4) is 0 Å². The smallest absolute Gasteiger partial charge is 0.446 e. The molecule has 1 aromatic carbocycles. The van der Waals surface area contributed by atoms with Crippen LogP contribution in [0.4, 0.5) is 0 Å². The molecule has 1 unspecified atom stereocenters. The van der Waals surface area contributed by atoms with E-state index in [4.69, 9.17) is 4.65 Å². The van der Waals surface area contributed by atoms with Crippen molar-refractivity contribution in [3.63, 3.8) is 0 Å². The summed E-state index contributed by atoms with van der Waals surface area (Å²) >= 11 is 0. The molecular weight excluding hydrogens is 161 g/mol. The molecule has 3 heteroatoms. The second kappa shape index (κ2) is 3.42. The molecule has 0 aliphatic carbocycles. The first kappa shape index (κ1) is 8.63. The highest BCUT2D eigenvalue weighted by atomic mass is 16.4. The van der Waals surface area contributed by atoms with Crippen molar-refractivity contribution in [1.29, 1.82) is 0 Å². The molecule has 1 N–H and O–H groups in total. The third kappa shape index (κ3) is 1.56. The molecule has 0 fully saturated rings. The van der Waals surface area contributed by atoms with E-state index in [2.05, 4.69) is 25.1 Å². The number of hydrogen-bond acceptors (Lipinski definition) is 2. The van der Waals surface area contributed by atoms with Crippen LogP contribution in [-0.2, 0) is 0 Å². The van der Waals surface area contributed by atoms with Crippen molar-refractivity contribution in [3.8, 4) is 5.75 Å². The maximum Gasteiger partial charge on any atom is 0.446 e. The summed E-state index contributed by atoms with van der Waals surface area (Å²) in [6.07, 6.45) is 0.999. The van der Waals surface area contributed by atoms with Gasteiger partial charge in [-0.25, -0.2) is 0 Å². The Balaban J connectivity index is 2.31. The van der Waals surface area contributed by atoms with Gasteiger partial charge in [-0.3, -0.25) is 0 Å². The van der Waals surface area contributed by atoms with Gasteiger partial charge in [0.2, 0.25) is 0 Å². The molecule has 1 aliphatic heterocycles. The Bertz CT molecular complexity index is 303. The van der Waals surface area contributed by atoms with E-state index in [0.717, 1.165) is 12.1 Å². The summed E-state index contributed by atoms with van der Waals surface area (Å²) in [4.78, 5) is 0. The largest absolute Gasteiger partial charge is 0.546 e. The lowest BCUT2D eigenvalue weighted by molar-refractivity contribution is 0.480. The van der Waals surface area contributed by atoms with E-state index in [-0.39, 0.29) is 7.05 Å². The summed E-state index contributed by atoms with van der Waals surface area (Å²) in [5, 5.41) is 3.40. The van der Waals surface area contributed by atoms with Crippen molar-refractivity contribution < 1.29 is 4.65 Å². The molecule has 1 atom stereocenters. The van der Waals surface area contributed by atoms with Crippen molar-refractivity contribution >= 4 is 7.05 Å². The first-order chi connectivity index (χ1) is 6.31. The van der Waals surface area contributed by atoms with E-state index in [9.17, 15) is 0 Å². The Labute approximate surface area is 79.4 Å². The Morgan fingerprint density at radius 2 is 2.23 bits per heavy atom. The Hall–Kier alpha value is -0.955. The van der Waals surface area contributed by atoms with Gasteiger partial charge in [-0.05, 0) is 19.3 Å². The van der Waals surface area contributed by atoms with Crippen LogP contribution in [0, 0.1) is 0 Å². The second-order valence-electron chi connectivity index (χ2n) is 3.44. The van der Waals surface area contributed by atoms with E-state index in [0.29, 0.717) is 6.04 Å². The maximum atomic E-state index is 5.74. The zero-order chi connectivity index (χ0) is 9.26. The van der Waals surface area contributed by atoms with E-state index >= 15 is 0 Å². The fourth-order valence-corrected chi connectivity index (χ4v) is 1.70. The molecule has 1 aromatic rings. The summed E-state index contributed by atoms with van der Waals surface area (Å²) in [6.45, 7) is 4.29. The SMILES string of the molecule is CCB1NC(C)c2ccccc2O1. The van der Waals surface area contributed by atoms with Crippen molar-refractivity contribution in [2.24, 2.45) is 0 Å². The van der Waals surface area contributed by atoms with Gasteiger partial charge < -0.3 is 9.88 Å². The van der Waals surface area contributed by atoms with E-state index in [1.165, 1.54) is 5.56 Å². The number of para-hydroxylation sites is 1. The van der Waals surface area contributed by atoms with Crippen molar-refractivity contribution in [3.05, 3.63) is 29.8 Å². The third-order valence-electron chi connectivity index (χ3n) is 2.46. The lowest BCUT2D eigenvalue weighted by Gasteiger charge is -2.28. The van der Waals surface area contributed by atoms with Gasteiger partial charge in [-0.2, -0.15) is 0 Å². The highest BCUT2D eigenvalue weighted by Crippen LogP contribution is 2.29. The van der Waals surface area contributed by atoms with Crippen LogP contribution in [-0.4, -0.2) is 7.05 Å². The fraction of sp³-hybridized carbons (Fsp3) is 0.400. The molecule has 0 radical (unpaired) electrons. The van der Waals surface area contributed by atoms with Gasteiger partial charge in [-0.1, -0.05) is 25.1 Å². The molecule has 2 rings (SSSR count). The summed E-state index contributed by atoms with van der Waals surface area (Å²) in [5.74, 6) is 1.03. The van der Waals surface area contributed by atoms with Gasteiger partial charge in [0.25, 0.3) is 0 Å². The minimum atomic E-state index is 0.171. The Morgan fingerprint density at radius 1 is 1.46 bits per heavy atom. The van der Waals surface area contributed by atoms with Gasteiger partial charge in [-0.15, -0.1) is 0 Å². The molecule has 2 nitrogen and oxygen atoms in total. The van der Waals surface area contributed by atoms with Gasteiger partial charge in [0.1, 0.15) is 5.75 Å². The van der Waals surface area contributed by atoms with Crippen LogP contribution in [0.1, 0.15) is 25.5 Å². The Kier molecular flexibility index (Phi) is 2.27. The summed E-state index contributed by atoms with van der Waals surface area (Å²) < 4.78 is 5.74. The van der Waals surface area contributed by atoms with Crippen LogP contribution in [0.5, 0.6) is 5.75 Å². The number of rotatable bonds is 1. The molecule has 0 aromatic heterocycles. The average molecular weight is 175 g/mol. The standard InChI is InChI=1S/C10H14BNO/c1-3-11-12-8(2)9-6-4-5-7-10(9)13-11/h4-8,12H,3H2,1-2H3. The predicted molar refractivity (Wildman–Crippen MR) is 54.9 cm³/mol. The quantitative estimate of drug-likeness (QED) is 0.660. The monoisotopic (exact) mass is 175 g/mol. The second-order valence-corrected chi connectivity index (χ2v) is 3.44. The average Bonchev–Trinajstić information content (AvgIpc) is 2.18. The summed E-state index contributed by atoms with van der Waals surface area (Å²) in [7, 11) is 0.171. The molecule has 1 heterocycles.